The van der Waals surface area contributed by atoms with Gasteiger partial charge in [0.1, 0.15) is 0 Å². The molecule has 2 aromatic rings. The van der Waals surface area contributed by atoms with Crippen LogP contribution in [0.5, 0.6) is 0 Å². The molecule has 7 rings (SSSR count). The largest absolute Gasteiger partial charge is 0.385 e. The van der Waals surface area contributed by atoms with Crippen molar-refractivity contribution in [2.45, 2.75) is 75.9 Å². The lowest BCUT2D eigenvalue weighted by Crippen LogP contribution is -2.49. The van der Waals surface area contributed by atoms with Gasteiger partial charge in [-0.2, -0.15) is 0 Å². The summed E-state index contributed by atoms with van der Waals surface area (Å²) in [6.07, 6.45) is 18.1. The quantitative estimate of drug-likeness (QED) is 0.582. The molecule has 5 aliphatic rings. The second-order valence-corrected chi connectivity index (χ2v) is 11.9. The van der Waals surface area contributed by atoms with Gasteiger partial charge >= 0.3 is 0 Å². The lowest BCUT2D eigenvalue weighted by atomic mass is 9.58. The van der Waals surface area contributed by atoms with Crippen LogP contribution < -0.4 is 0 Å². The van der Waals surface area contributed by atoms with Crippen molar-refractivity contribution in [1.29, 1.82) is 0 Å². The molecule has 1 aromatic heterocycles. The monoisotopic (exact) mass is 440 g/mol. The van der Waals surface area contributed by atoms with Crippen LogP contribution in [0.3, 0.4) is 0 Å². The Morgan fingerprint density at radius 2 is 1.97 bits per heavy atom. The van der Waals surface area contributed by atoms with Crippen molar-refractivity contribution in [3.05, 3.63) is 65.5 Å². The predicted octanol–water partition coefficient (Wildman–Crippen LogP) is 6.00. The molecule has 6 unspecified atom stereocenters. The van der Waals surface area contributed by atoms with Gasteiger partial charge in [0.25, 0.3) is 0 Å². The lowest BCUT2D eigenvalue weighted by Gasteiger charge is -2.49. The first-order valence-corrected chi connectivity index (χ1v) is 13.3. The fourth-order valence-electron chi connectivity index (χ4n) is 8.36. The van der Waals surface area contributed by atoms with Crippen LogP contribution in [0.1, 0.15) is 69.8 Å². The van der Waals surface area contributed by atoms with Crippen LogP contribution in [-0.2, 0) is 0 Å². The van der Waals surface area contributed by atoms with E-state index in [1.54, 1.807) is 5.57 Å². The predicted molar refractivity (Wildman–Crippen MR) is 133 cm³/mol. The molecule has 33 heavy (non-hydrogen) atoms. The van der Waals surface area contributed by atoms with Crippen LogP contribution in [0, 0.1) is 17.3 Å². The van der Waals surface area contributed by atoms with Crippen LogP contribution >= 0.6 is 0 Å². The Kier molecular flexibility index (Phi) is 4.49. The first-order chi connectivity index (χ1) is 16.0. The average molecular weight is 441 g/mol. The molecule has 0 amide bonds. The fourth-order valence-corrected chi connectivity index (χ4v) is 8.36. The molecule has 3 fully saturated rings. The average Bonchev–Trinajstić information content (AvgIpc) is 3.63. The molecule has 1 aromatic carbocycles. The zero-order chi connectivity index (χ0) is 22.2. The highest BCUT2D eigenvalue weighted by molar-refractivity contribution is 5.82. The Morgan fingerprint density at radius 1 is 1.06 bits per heavy atom. The van der Waals surface area contributed by atoms with Gasteiger partial charge in [0.15, 0.2) is 0 Å². The third kappa shape index (κ3) is 3.12. The standard InChI is InChI=1S/C30H36N2O/c1-29-11-9-25-17-21-4-5-26(32-14-15-32)18-22(21)8-12-30(25,33)28(29)7-6-27(29)23-3-2-20-10-13-31-19-24(20)16-23/h2-3,9-10,13,16-17,19,22,26-28,33H,4-8,11-12,14-15,18H2,1H3. The molecule has 2 saturated carbocycles. The number of allylic oxidation sites excluding steroid dienone is 2. The molecule has 0 bridgehead atoms. The maximum atomic E-state index is 12.3. The van der Waals surface area contributed by atoms with E-state index in [0.717, 1.165) is 31.7 Å². The number of aliphatic hydroxyl groups is 1. The third-order valence-electron chi connectivity index (χ3n) is 10.3. The number of aromatic nitrogens is 1. The summed E-state index contributed by atoms with van der Waals surface area (Å²) in [5.41, 5.74) is 3.79. The van der Waals surface area contributed by atoms with Crippen molar-refractivity contribution >= 4 is 10.8 Å². The first-order valence-electron chi connectivity index (χ1n) is 13.3. The molecule has 3 heteroatoms. The van der Waals surface area contributed by atoms with Crippen LogP contribution in [0.15, 0.2) is 60.0 Å². The number of hydrogen-bond donors (Lipinski definition) is 1. The summed E-state index contributed by atoms with van der Waals surface area (Å²) in [6.45, 7) is 5.08. The Morgan fingerprint density at radius 3 is 2.85 bits per heavy atom. The van der Waals surface area contributed by atoms with Crippen molar-refractivity contribution < 1.29 is 5.11 Å². The van der Waals surface area contributed by atoms with E-state index in [-0.39, 0.29) is 5.41 Å². The van der Waals surface area contributed by atoms with Gasteiger partial charge in [-0.05, 0) is 103 Å². The van der Waals surface area contributed by atoms with E-state index < -0.39 is 5.60 Å². The Labute approximate surface area is 197 Å². The maximum Gasteiger partial charge on any atom is 0.0927 e. The zero-order valence-corrected chi connectivity index (χ0v) is 19.8. The van der Waals surface area contributed by atoms with Crippen molar-refractivity contribution in [2.75, 3.05) is 13.1 Å². The molecule has 0 spiro atoms. The van der Waals surface area contributed by atoms with E-state index in [1.807, 2.05) is 12.4 Å². The Balaban J connectivity index is 1.21. The smallest absolute Gasteiger partial charge is 0.0927 e. The molecule has 1 aliphatic heterocycles. The van der Waals surface area contributed by atoms with Gasteiger partial charge in [-0.15, -0.1) is 0 Å². The summed E-state index contributed by atoms with van der Waals surface area (Å²) in [5.74, 6) is 1.52. The second kappa shape index (κ2) is 7.26. The van der Waals surface area contributed by atoms with Gasteiger partial charge in [-0.3, -0.25) is 9.88 Å². The van der Waals surface area contributed by atoms with Gasteiger partial charge in [0, 0.05) is 36.9 Å². The summed E-state index contributed by atoms with van der Waals surface area (Å²) < 4.78 is 0. The molecular weight excluding hydrogens is 404 g/mol. The van der Waals surface area contributed by atoms with Crippen LogP contribution in [-0.4, -0.2) is 39.7 Å². The highest BCUT2D eigenvalue weighted by Crippen LogP contribution is 2.64. The Hall–Kier alpha value is -1.97. The number of pyridine rings is 1. The van der Waals surface area contributed by atoms with Gasteiger partial charge in [0.05, 0.1) is 5.60 Å². The lowest BCUT2D eigenvalue weighted by molar-refractivity contribution is -0.0474. The highest BCUT2D eigenvalue weighted by atomic mass is 16.3. The molecular formula is C30H36N2O. The van der Waals surface area contributed by atoms with E-state index in [9.17, 15) is 5.11 Å². The van der Waals surface area contributed by atoms with E-state index in [1.165, 1.54) is 60.7 Å². The first kappa shape index (κ1) is 20.4. The summed E-state index contributed by atoms with van der Waals surface area (Å²) in [4.78, 5) is 7.00. The van der Waals surface area contributed by atoms with Crippen molar-refractivity contribution in [3.8, 4) is 0 Å². The maximum absolute atomic E-state index is 12.3. The number of fused-ring (bicyclic) bond motifs is 5. The summed E-state index contributed by atoms with van der Waals surface area (Å²) in [5, 5.41) is 14.8. The number of rotatable bonds is 2. The van der Waals surface area contributed by atoms with Gasteiger partial charge in [-0.1, -0.05) is 36.8 Å². The highest BCUT2D eigenvalue weighted by Gasteiger charge is 2.58. The SMILES string of the molecule is CC12CC=C3C=C4CCC(N5CC5)CC4CCC3(O)C1CCC2c1ccc2ccncc2c1. The van der Waals surface area contributed by atoms with Gasteiger partial charge < -0.3 is 5.11 Å². The summed E-state index contributed by atoms with van der Waals surface area (Å²) in [6, 6.07) is 9.84. The van der Waals surface area contributed by atoms with Crippen molar-refractivity contribution in [3.63, 3.8) is 0 Å². The number of nitrogens with zero attached hydrogens (tertiary/aromatic N) is 2. The van der Waals surface area contributed by atoms with Crippen LogP contribution in [0.25, 0.3) is 10.8 Å². The van der Waals surface area contributed by atoms with E-state index in [2.05, 4.69) is 53.2 Å². The normalized spacial score (nSPS) is 40.3. The van der Waals surface area contributed by atoms with Crippen molar-refractivity contribution in [1.82, 2.24) is 9.88 Å². The molecule has 6 atom stereocenters. The molecule has 172 valence electrons. The molecule has 3 nitrogen and oxygen atoms in total. The topological polar surface area (TPSA) is 36.1 Å². The minimum Gasteiger partial charge on any atom is -0.385 e. The van der Waals surface area contributed by atoms with Crippen molar-refractivity contribution in [2.24, 2.45) is 17.3 Å². The van der Waals surface area contributed by atoms with E-state index in [0.29, 0.717) is 17.8 Å². The van der Waals surface area contributed by atoms with Crippen LogP contribution in [0.2, 0.25) is 0 Å². The molecule has 0 radical (unpaired) electrons. The van der Waals surface area contributed by atoms with E-state index >= 15 is 0 Å². The number of hydrogen-bond acceptors (Lipinski definition) is 3. The van der Waals surface area contributed by atoms with Crippen LogP contribution in [0.4, 0.5) is 0 Å². The second-order valence-electron chi connectivity index (χ2n) is 11.9. The van der Waals surface area contributed by atoms with Gasteiger partial charge in [-0.25, -0.2) is 0 Å². The fraction of sp³-hybridized carbons (Fsp3) is 0.567. The molecule has 4 aliphatic carbocycles. The molecule has 2 heterocycles. The molecule has 1 N–H and O–H groups in total. The molecule has 1 saturated heterocycles. The van der Waals surface area contributed by atoms with Gasteiger partial charge in [0.2, 0.25) is 0 Å². The minimum absolute atomic E-state index is 0.115. The number of benzene rings is 1. The minimum atomic E-state index is -0.653. The zero-order valence-electron chi connectivity index (χ0n) is 19.8. The Bertz CT molecular complexity index is 1160. The third-order valence-corrected chi connectivity index (χ3v) is 10.3. The summed E-state index contributed by atoms with van der Waals surface area (Å²) in [7, 11) is 0. The van der Waals surface area contributed by atoms with E-state index in [4.69, 9.17) is 0 Å². The summed E-state index contributed by atoms with van der Waals surface area (Å²) >= 11 is 0.